The van der Waals surface area contributed by atoms with Gasteiger partial charge < -0.3 is 10.3 Å². The van der Waals surface area contributed by atoms with Gasteiger partial charge >= 0.3 is 0 Å². The lowest BCUT2D eigenvalue weighted by Gasteiger charge is -2.24. The van der Waals surface area contributed by atoms with Gasteiger partial charge in [-0.25, -0.2) is 15.0 Å². The SMILES string of the molecule is O=C(Nc1cncc(-c2ccc3[nH]nc(-c4nc5nccc(-c6ccc(F)s6)c5[nH]4)c3n2)c1)C1CCC1. The van der Waals surface area contributed by atoms with E-state index in [9.17, 15) is 9.18 Å². The smallest absolute Gasteiger partial charge is 0.227 e. The van der Waals surface area contributed by atoms with Gasteiger partial charge in [0.15, 0.2) is 22.3 Å². The van der Waals surface area contributed by atoms with Gasteiger partial charge in [-0.3, -0.25) is 14.9 Å². The van der Waals surface area contributed by atoms with Gasteiger partial charge in [0, 0.05) is 34.3 Å². The van der Waals surface area contributed by atoms with E-state index in [-0.39, 0.29) is 17.0 Å². The fraction of sp³-hybridized carbons (Fsp3) is 0.154. The summed E-state index contributed by atoms with van der Waals surface area (Å²) >= 11 is 1.07. The van der Waals surface area contributed by atoms with E-state index in [1.165, 1.54) is 6.07 Å². The summed E-state index contributed by atoms with van der Waals surface area (Å²) in [7, 11) is 0. The number of hydrogen-bond acceptors (Lipinski definition) is 7. The van der Waals surface area contributed by atoms with Crippen LogP contribution in [0.3, 0.4) is 0 Å². The van der Waals surface area contributed by atoms with Crippen molar-refractivity contribution >= 4 is 45.1 Å². The van der Waals surface area contributed by atoms with Crippen molar-refractivity contribution in [2.45, 2.75) is 19.3 Å². The third kappa shape index (κ3) is 3.84. The van der Waals surface area contributed by atoms with Crippen molar-refractivity contribution in [2.24, 2.45) is 5.92 Å². The molecule has 0 atom stereocenters. The Bertz CT molecular complexity index is 1800. The number of aromatic nitrogens is 7. The number of nitrogens with one attached hydrogen (secondary N) is 3. The van der Waals surface area contributed by atoms with E-state index in [1.807, 2.05) is 24.3 Å². The number of H-pyrrole nitrogens is 2. The summed E-state index contributed by atoms with van der Waals surface area (Å²) in [6.45, 7) is 0. The zero-order valence-electron chi connectivity index (χ0n) is 19.3. The summed E-state index contributed by atoms with van der Waals surface area (Å²) in [5, 5.41) is 10.2. The van der Waals surface area contributed by atoms with E-state index in [1.54, 1.807) is 24.7 Å². The third-order valence-corrected chi connectivity index (χ3v) is 7.55. The minimum Gasteiger partial charge on any atom is -0.335 e. The van der Waals surface area contributed by atoms with Crippen LogP contribution in [0.15, 0.2) is 55.0 Å². The lowest BCUT2D eigenvalue weighted by atomic mass is 9.85. The zero-order chi connectivity index (χ0) is 24.9. The standard InChI is InChI=1S/C26H19FN8OS/c27-20-7-6-19(37-20)16-8-9-29-24-21(16)32-25(33-24)23-22-18(34-35-23)5-4-17(31-22)14-10-15(12-28-11-14)30-26(36)13-2-1-3-13/h4-13H,1-3H2,(H,30,36)(H,34,35)(H,29,32,33). The number of amides is 1. The molecule has 11 heteroatoms. The average molecular weight is 511 g/mol. The molecule has 1 fully saturated rings. The molecule has 1 aliphatic carbocycles. The molecule has 0 bridgehead atoms. The Morgan fingerprint density at radius 3 is 2.84 bits per heavy atom. The normalized spacial score (nSPS) is 13.8. The highest BCUT2D eigenvalue weighted by molar-refractivity contribution is 7.14. The molecule has 0 aliphatic heterocycles. The van der Waals surface area contributed by atoms with Crippen LogP contribution >= 0.6 is 11.3 Å². The van der Waals surface area contributed by atoms with Gasteiger partial charge in [0.2, 0.25) is 5.91 Å². The maximum Gasteiger partial charge on any atom is 0.227 e. The first-order valence-corrected chi connectivity index (χ1v) is 12.7. The molecule has 1 amide bonds. The molecule has 7 rings (SSSR count). The van der Waals surface area contributed by atoms with Gasteiger partial charge in [-0.1, -0.05) is 6.42 Å². The Morgan fingerprint density at radius 2 is 2.03 bits per heavy atom. The molecule has 6 heterocycles. The van der Waals surface area contributed by atoms with Crippen molar-refractivity contribution in [3.05, 3.63) is 60.1 Å². The van der Waals surface area contributed by atoms with Crippen molar-refractivity contribution in [3.63, 3.8) is 0 Å². The Labute approximate surface area is 213 Å². The van der Waals surface area contributed by atoms with Crippen LogP contribution in [0.2, 0.25) is 0 Å². The molecule has 1 aliphatic rings. The number of halogens is 1. The maximum absolute atomic E-state index is 13.7. The Hall–Kier alpha value is -4.51. The molecule has 0 radical (unpaired) electrons. The van der Waals surface area contributed by atoms with Crippen LogP contribution in [0.1, 0.15) is 19.3 Å². The molecule has 0 spiro atoms. The highest BCUT2D eigenvalue weighted by Gasteiger charge is 2.25. The van der Waals surface area contributed by atoms with Crippen LogP contribution in [0.25, 0.3) is 55.4 Å². The summed E-state index contributed by atoms with van der Waals surface area (Å²) in [6.07, 6.45) is 7.98. The molecule has 0 aromatic carbocycles. The van der Waals surface area contributed by atoms with Crippen molar-refractivity contribution in [2.75, 3.05) is 5.32 Å². The first-order chi connectivity index (χ1) is 18.1. The fourth-order valence-corrected chi connectivity index (χ4v) is 5.24. The van der Waals surface area contributed by atoms with Crippen molar-refractivity contribution in [1.29, 1.82) is 0 Å². The van der Waals surface area contributed by atoms with Crippen LogP contribution in [-0.2, 0) is 4.79 Å². The summed E-state index contributed by atoms with van der Waals surface area (Å²) in [5.74, 6) is 0.626. The first kappa shape index (κ1) is 21.7. The molecular weight excluding hydrogens is 491 g/mol. The van der Waals surface area contributed by atoms with Gasteiger partial charge in [0.05, 0.1) is 28.6 Å². The molecule has 1 saturated carbocycles. The fourth-order valence-electron chi connectivity index (χ4n) is 4.48. The van der Waals surface area contributed by atoms with Gasteiger partial charge in [-0.15, -0.1) is 11.3 Å². The van der Waals surface area contributed by atoms with E-state index in [0.29, 0.717) is 39.6 Å². The molecule has 0 unspecified atom stereocenters. The quantitative estimate of drug-likeness (QED) is 0.279. The van der Waals surface area contributed by atoms with Crippen molar-refractivity contribution < 1.29 is 9.18 Å². The van der Waals surface area contributed by atoms with Crippen molar-refractivity contribution in [3.8, 4) is 33.2 Å². The zero-order valence-corrected chi connectivity index (χ0v) is 20.1. The number of carbonyl (C=O) groups is 1. The van der Waals surface area contributed by atoms with Crippen LogP contribution in [0, 0.1) is 11.0 Å². The minimum absolute atomic E-state index is 0.0360. The number of fused-ring (bicyclic) bond motifs is 2. The molecule has 37 heavy (non-hydrogen) atoms. The van der Waals surface area contributed by atoms with Gasteiger partial charge in [-0.05, 0) is 49.2 Å². The van der Waals surface area contributed by atoms with E-state index < -0.39 is 0 Å². The highest BCUT2D eigenvalue weighted by Crippen LogP contribution is 2.34. The number of pyridine rings is 3. The largest absolute Gasteiger partial charge is 0.335 e. The number of aromatic amines is 2. The number of nitrogens with zero attached hydrogens (tertiary/aromatic N) is 5. The lowest BCUT2D eigenvalue weighted by Crippen LogP contribution is -2.28. The number of imidazole rings is 1. The summed E-state index contributed by atoms with van der Waals surface area (Å²) < 4.78 is 13.7. The second-order valence-corrected chi connectivity index (χ2v) is 10.0. The number of anilines is 1. The molecule has 6 aromatic rings. The molecule has 0 saturated heterocycles. The molecule has 3 N–H and O–H groups in total. The number of rotatable bonds is 5. The number of carbonyl (C=O) groups excluding carboxylic acids is 1. The van der Waals surface area contributed by atoms with Crippen LogP contribution in [-0.4, -0.2) is 41.0 Å². The maximum atomic E-state index is 13.7. The summed E-state index contributed by atoms with van der Waals surface area (Å²) in [5.41, 5.74) is 6.04. The molecular formula is C26H19FN8OS. The Kier molecular flexibility index (Phi) is 5.03. The number of hydrogen-bond donors (Lipinski definition) is 3. The van der Waals surface area contributed by atoms with Gasteiger partial charge in [-0.2, -0.15) is 9.49 Å². The van der Waals surface area contributed by atoms with Crippen molar-refractivity contribution in [1.82, 2.24) is 35.1 Å². The number of thiophene rings is 1. The van der Waals surface area contributed by atoms with Crippen LogP contribution in [0.5, 0.6) is 0 Å². The third-order valence-electron chi connectivity index (χ3n) is 6.64. The van der Waals surface area contributed by atoms with Gasteiger partial charge in [0.25, 0.3) is 0 Å². The van der Waals surface area contributed by atoms with E-state index >= 15 is 0 Å². The second kappa shape index (κ2) is 8.56. The van der Waals surface area contributed by atoms with E-state index in [4.69, 9.17) is 4.98 Å². The van der Waals surface area contributed by atoms with E-state index in [2.05, 4.69) is 35.5 Å². The monoisotopic (exact) mass is 510 g/mol. The summed E-state index contributed by atoms with van der Waals surface area (Å²) in [6, 6.07) is 10.7. The Morgan fingerprint density at radius 1 is 1.11 bits per heavy atom. The lowest BCUT2D eigenvalue weighted by molar-refractivity contribution is -0.122. The van der Waals surface area contributed by atoms with Gasteiger partial charge in [0.1, 0.15) is 5.52 Å². The second-order valence-electron chi connectivity index (χ2n) is 8.99. The summed E-state index contributed by atoms with van der Waals surface area (Å²) in [4.78, 5) is 34.6. The van der Waals surface area contributed by atoms with Crippen LogP contribution in [0.4, 0.5) is 10.1 Å². The molecule has 6 aromatic heterocycles. The molecule has 9 nitrogen and oxygen atoms in total. The predicted molar refractivity (Wildman–Crippen MR) is 139 cm³/mol. The van der Waals surface area contributed by atoms with Crippen LogP contribution < -0.4 is 5.32 Å². The van der Waals surface area contributed by atoms with E-state index in [0.717, 1.165) is 52.1 Å². The highest BCUT2D eigenvalue weighted by atomic mass is 32.1. The molecule has 182 valence electrons. The first-order valence-electron chi connectivity index (χ1n) is 11.8. The minimum atomic E-state index is -0.254. The predicted octanol–water partition coefficient (Wildman–Crippen LogP) is 5.56. The average Bonchev–Trinajstić information content (AvgIpc) is 3.60. The topological polar surface area (TPSA) is 125 Å². The Balaban J connectivity index is 1.26.